The second kappa shape index (κ2) is 11.1. The molecule has 0 bridgehead atoms. The number of carbonyl (C=O) groups excluding carboxylic acids is 3. The van der Waals surface area contributed by atoms with Crippen LogP contribution in [0.1, 0.15) is 84.4 Å². The summed E-state index contributed by atoms with van der Waals surface area (Å²) in [6.07, 6.45) is 4.46. The minimum Gasteiger partial charge on any atom is -0.457 e. The van der Waals surface area contributed by atoms with Crippen molar-refractivity contribution in [3.8, 4) is 5.69 Å². The Labute approximate surface area is 271 Å². The van der Waals surface area contributed by atoms with Gasteiger partial charge in [0.05, 0.1) is 23.7 Å². The lowest BCUT2D eigenvalue weighted by Gasteiger charge is -2.63. The van der Waals surface area contributed by atoms with Crippen LogP contribution in [0.25, 0.3) is 11.8 Å². The van der Waals surface area contributed by atoms with E-state index >= 15 is 4.39 Å². The zero-order valence-electron chi connectivity index (χ0n) is 26.6. The Hall–Kier alpha value is -2.85. The summed E-state index contributed by atoms with van der Waals surface area (Å²) in [6, 6.07) is 7.83. The maximum Gasteiger partial charge on any atom is 0.306 e. The third-order valence-electron chi connectivity index (χ3n) is 11.8. The SMILES string of the molecule is CCC(=O)OCC(=O)[C@@]1(OC(=O)CC)[C@@H](C)C[C@H]2[C@@H]3CCC4=Cc5c(cnn5-c5ccccc5Br)C[C@]4(C)[C@@]3(F)[C@@H](O)C[C@@]21C. The zero-order valence-corrected chi connectivity index (χ0v) is 28.2. The molecule has 6 rings (SSSR count). The van der Waals surface area contributed by atoms with Gasteiger partial charge in [-0.25, -0.2) is 9.07 Å². The highest BCUT2D eigenvalue weighted by Gasteiger charge is 2.77. The van der Waals surface area contributed by atoms with Crippen LogP contribution in [0, 0.1) is 28.6 Å². The van der Waals surface area contributed by atoms with Crippen LogP contribution in [0.4, 0.5) is 4.39 Å². The number of ketones is 1. The molecule has 2 aromatic rings. The second-order valence-corrected chi connectivity index (χ2v) is 14.7. The summed E-state index contributed by atoms with van der Waals surface area (Å²) >= 11 is 3.63. The smallest absolute Gasteiger partial charge is 0.306 e. The lowest BCUT2D eigenvalue weighted by atomic mass is 9.43. The molecule has 8 atom stereocenters. The van der Waals surface area contributed by atoms with Crippen molar-refractivity contribution in [2.45, 2.75) is 96.9 Å². The second-order valence-electron chi connectivity index (χ2n) is 13.9. The standard InChI is InChI=1S/C35H42BrFN2O6/c1-6-30(42)44-19-29(41)35(45-31(43)7-2)20(3)14-24-23-13-12-22-15-27-21(18-38-39(27)26-11-9-8-10-25(26)36)16-32(22,4)34(23,37)28(40)17-33(24,35)5/h8-11,15,18,20,23-24,28,40H,6-7,12-14,16-17,19H2,1-5H3/t20-,23-,24-,28-,32-,33-,34-,35-/m0/s1. The minimum atomic E-state index is -1.99. The summed E-state index contributed by atoms with van der Waals surface area (Å²) in [7, 11) is 0. The number of aliphatic hydroxyl groups is 1. The van der Waals surface area contributed by atoms with Gasteiger partial charge in [-0.15, -0.1) is 0 Å². The molecular weight excluding hydrogens is 643 g/mol. The first kappa shape index (κ1) is 32.1. The molecule has 1 aromatic heterocycles. The van der Waals surface area contributed by atoms with Crippen molar-refractivity contribution < 1.29 is 33.4 Å². The quantitative estimate of drug-likeness (QED) is 0.339. The third-order valence-corrected chi connectivity index (χ3v) is 12.5. The van der Waals surface area contributed by atoms with Gasteiger partial charge in [0, 0.05) is 40.0 Å². The van der Waals surface area contributed by atoms with Gasteiger partial charge in [0.25, 0.3) is 0 Å². The first-order valence-corrected chi connectivity index (χ1v) is 16.9. The normalized spacial score (nSPS) is 36.6. The number of fused-ring (bicyclic) bond motifs is 6. The highest BCUT2D eigenvalue weighted by atomic mass is 79.9. The first-order valence-electron chi connectivity index (χ1n) is 16.1. The molecule has 0 radical (unpaired) electrons. The number of benzene rings is 1. The summed E-state index contributed by atoms with van der Waals surface area (Å²) in [5.41, 5.74) is -2.03. The molecule has 4 aliphatic carbocycles. The predicted octanol–water partition coefficient (Wildman–Crippen LogP) is 6.34. The number of ether oxygens (including phenoxy) is 2. The number of rotatable bonds is 7. The van der Waals surface area contributed by atoms with Gasteiger partial charge in [-0.1, -0.05) is 52.3 Å². The largest absolute Gasteiger partial charge is 0.457 e. The van der Waals surface area contributed by atoms with Crippen molar-refractivity contribution >= 4 is 39.7 Å². The lowest BCUT2D eigenvalue weighted by molar-refractivity contribution is -0.234. The number of aliphatic hydroxyl groups excluding tert-OH is 1. The number of carbonyl (C=O) groups is 3. The Balaban J connectivity index is 1.40. The van der Waals surface area contributed by atoms with Gasteiger partial charge >= 0.3 is 11.9 Å². The molecule has 10 heteroatoms. The number of hydrogen-bond donors (Lipinski definition) is 1. The number of aromatic nitrogens is 2. The van der Waals surface area contributed by atoms with Crippen LogP contribution in [-0.2, 0) is 30.3 Å². The van der Waals surface area contributed by atoms with Crippen molar-refractivity contribution in [2.24, 2.45) is 28.6 Å². The predicted molar refractivity (Wildman–Crippen MR) is 169 cm³/mol. The number of nitrogens with zero attached hydrogens (tertiary/aromatic N) is 2. The van der Waals surface area contributed by atoms with Crippen molar-refractivity contribution in [1.29, 1.82) is 0 Å². The maximum absolute atomic E-state index is 18.2. The van der Waals surface area contributed by atoms with Crippen molar-refractivity contribution in [3.05, 3.63) is 51.8 Å². The Morgan fingerprint density at radius 3 is 2.53 bits per heavy atom. The molecule has 3 fully saturated rings. The summed E-state index contributed by atoms with van der Waals surface area (Å²) in [5.74, 6) is -2.98. The van der Waals surface area contributed by atoms with Crippen molar-refractivity contribution in [1.82, 2.24) is 9.78 Å². The minimum absolute atomic E-state index is 0.0536. The molecule has 0 saturated heterocycles. The summed E-state index contributed by atoms with van der Waals surface area (Å²) in [6.45, 7) is 8.41. The number of halogens is 2. The fourth-order valence-corrected chi connectivity index (χ4v) is 10.1. The topological polar surface area (TPSA) is 108 Å². The van der Waals surface area contributed by atoms with Gasteiger partial charge in [-0.3, -0.25) is 14.4 Å². The molecule has 3 saturated carbocycles. The number of alkyl halides is 1. The fraction of sp³-hybridized carbons (Fsp3) is 0.600. The molecule has 45 heavy (non-hydrogen) atoms. The van der Waals surface area contributed by atoms with E-state index in [1.165, 1.54) is 0 Å². The maximum atomic E-state index is 18.2. The number of esters is 2. The van der Waals surface area contributed by atoms with Gasteiger partial charge in [0.2, 0.25) is 5.78 Å². The Bertz CT molecular complexity index is 1590. The van der Waals surface area contributed by atoms with Crippen LogP contribution >= 0.6 is 15.9 Å². The highest BCUT2D eigenvalue weighted by Crippen LogP contribution is 2.72. The molecule has 1 aromatic carbocycles. The summed E-state index contributed by atoms with van der Waals surface area (Å²) < 4.78 is 32.4. The van der Waals surface area contributed by atoms with Crippen LogP contribution < -0.4 is 0 Å². The van der Waals surface area contributed by atoms with E-state index in [-0.39, 0.29) is 25.2 Å². The first-order chi connectivity index (χ1) is 21.3. The van der Waals surface area contributed by atoms with E-state index < -0.39 is 64.4 Å². The van der Waals surface area contributed by atoms with E-state index in [0.717, 1.165) is 27.0 Å². The number of hydrogen-bond acceptors (Lipinski definition) is 7. The summed E-state index contributed by atoms with van der Waals surface area (Å²) in [5, 5.41) is 16.7. The fourth-order valence-electron chi connectivity index (χ4n) is 9.67. The van der Waals surface area contributed by atoms with E-state index in [1.807, 2.05) is 49.7 Å². The Kier molecular flexibility index (Phi) is 7.95. The molecule has 0 unspecified atom stereocenters. The van der Waals surface area contributed by atoms with Crippen LogP contribution in [0.3, 0.4) is 0 Å². The molecule has 1 N–H and O–H groups in total. The van der Waals surface area contributed by atoms with E-state index in [9.17, 15) is 19.5 Å². The summed E-state index contributed by atoms with van der Waals surface area (Å²) in [4.78, 5) is 39.0. The Morgan fingerprint density at radius 1 is 1.13 bits per heavy atom. The third kappa shape index (κ3) is 4.37. The van der Waals surface area contributed by atoms with E-state index in [2.05, 4.69) is 27.1 Å². The molecule has 0 aliphatic heterocycles. The van der Waals surface area contributed by atoms with Crippen LogP contribution in [0.15, 0.2) is 40.5 Å². The molecule has 8 nitrogen and oxygen atoms in total. The number of para-hydroxylation sites is 1. The van der Waals surface area contributed by atoms with E-state index in [1.54, 1.807) is 20.0 Å². The van der Waals surface area contributed by atoms with E-state index in [4.69, 9.17) is 9.47 Å². The molecule has 242 valence electrons. The molecule has 0 amide bonds. The van der Waals surface area contributed by atoms with Gasteiger partial charge in [-0.05, 0) is 77.7 Å². The van der Waals surface area contributed by atoms with Crippen LogP contribution in [0.2, 0.25) is 0 Å². The average molecular weight is 686 g/mol. The van der Waals surface area contributed by atoms with Crippen LogP contribution in [-0.4, -0.2) is 56.6 Å². The van der Waals surface area contributed by atoms with Gasteiger partial charge in [0.1, 0.15) is 5.67 Å². The monoisotopic (exact) mass is 684 g/mol. The molecule has 1 heterocycles. The molecular formula is C35H42BrFN2O6. The van der Waals surface area contributed by atoms with Crippen LogP contribution in [0.5, 0.6) is 0 Å². The van der Waals surface area contributed by atoms with Gasteiger partial charge in [0.15, 0.2) is 12.2 Å². The van der Waals surface area contributed by atoms with Gasteiger partial charge in [-0.2, -0.15) is 5.10 Å². The molecule has 4 aliphatic rings. The number of allylic oxidation sites excluding steroid dienone is 1. The Morgan fingerprint density at radius 2 is 1.84 bits per heavy atom. The average Bonchev–Trinajstić information content (AvgIpc) is 3.50. The van der Waals surface area contributed by atoms with E-state index in [0.29, 0.717) is 25.7 Å². The lowest BCUT2D eigenvalue weighted by Crippen LogP contribution is -2.70. The van der Waals surface area contributed by atoms with Gasteiger partial charge < -0.3 is 14.6 Å². The number of Topliss-reactive ketones (excluding diaryl/α,β-unsaturated/α-hetero) is 1. The molecule has 0 spiro atoms. The van der Waals surface area contributed by atoms with Crippen molar-refractivity contribution in [3.63, 3.8) is 0 Å². The highest BCUT2D eigenvalue weighted by molar-refractivity contribution is 9.10. The zero-order chi connectivity index (χ0) is 32.5. The van der Waals surface area contributed by atoms with Crippen molar-refractivity contribution in [2.75, 3.05) is 6.61 Å².